The lowest BCUT2D eigenvalue weighted by atomic mass is 9.82. The zero-order chi connectivity index (χ0) is 20.1. The largest absolute Gasteiger partial charge is 0.465 e. The molecule has 142 valence electrons. The minimum atomic E-state index is -3.69. The van der Waals surface area contributed by atoms with Crippen molar-refractivity contribution in [1.82, 2.24) is 0 Å². The van der Waals surface area contributed by atoms with Crippen LogP contribution in [0.15, 0.2) is 84.9 Å². The van der Waals surface area contributed by atoms with Gasteiger partial charge in [0, 0.05) is 5.56 Å². The number of ketones is 1. The normalized spacial score (nSPS) is 12.2. The highest BCUT2D eigenvalue weighted by Crippen LogP contribution is 2.41. The van der Waals surface area contributed by atoms with Crippen molar-refractivity contribution in [3.63, 3.8) is 0 Å². The summed E-state index contributed by atoms with van der Waals surface area (Å²) >= 11 is 0. The molecular weight excluding hydrogens is 362 g/mol. The van der Waals surface area contributed by atoms with Crippen LogP contribution >= 0.6 is 0 Å². The smallest absolute Gasteiger partial charge is 0.337 e. The lowest BCUT2D eigenvalue weighted by molar-refractivity contribution is -0.000303. The molecule has 0 spiro atoms. The molecular formula is C23H18F2O3. The zero-order valence-electron chi connectivity index (χ0n) is 15.1. The second-order valence-corrected chi connectivity index (χ2v) is 6.28. The Labute approximate surface area is 161 Å². The van der Waals surface area contributed by atoms with Crippen LogP contribution in [-0.2, 0) is 4.74 Å². The van der Waals surface area contributed by atoms with Gasteiger partial charge in [0.1, 0.15) is 0 Å². The van der Waals surface area contributed by atoms with Crippen LogP contribution in [0, 0.1) is 0 Å². The third kappa shape index (κ3) is 3.83. The predicted octanol–water partition coefficient (Wildman–Crippen LogP) is 5.12. The van der Waals surface area contributed by atoms with Crippen molar-refractivity contribution in [3.8, 4) is 0 Å². The van der Waals surface area contributed by atoms with Gasteiger partial charge in [-0.3, -0.25) is 4.79 Å². The molecule has 0 amide bonds. The Morgan fingerprint density at radius 2 is 1.25 bits per heavy atom. The molecule has 1 unspecified atom stereocenters. The molecule has 0 saturated carbocycles. The number of methoxy groups -OCH3 is 1. The molecule has 0 saturated heterocycles. The molecule has 0 aliphatic carbocycles. The number of esters is 1. The van der Waals surface area contributed by atoms with E-state index >= 15 is 8.78 Å². The number of ether oxygens (including phenoxy) is 1. The van der Waals surface area contributed by atoms with Crippen LogP contribution in [0.2, 0.25) is 0 Å². The third-order valence-corrected chi connectivity index (χ3v) is 4.50. The van der Waals surface area contributed by atoms with Crippen molar-refractivity contribution >= 4 is 11.8 Å². The summed E-state index contributed by atoms with van der Waals surface area (Å²) in [5.74, 6) is -6.99. The lowest BCUT2D eigenvalue weighted by Gasteiger charge is -2.27. The first-order valence-electron chi connectivity index (χ1n) is 8.66. The highest BCUT2D eigenvalue weighted by molar-refractivity contribution is 6.02. The van der Waals surface area contributed by atoms with E-state index in [1.54, 1.807) is 48.5 Å². The van der Waals surface area contributed by atoms with E-state index in [1.807, 2.05) is 0 Å². The van der Waals surface area contributed by atoms with Gasteiger partial charge in [-0.25, -0.2) is 4.79 Å². The van der Waals surface area contributed by atoms with Gasteiger partial charge < -0.3 is 4.74 Å². The van der Waals surface area contributed by atoms with Gasteiger partial charge in [0.2, 0.25) is 5.78 Å². The highest BCUT2D eigenvalue weighted by Gasteiger charge is 2.48. The Morgan fingerprint density at radius 1 is 0.750 bits per heavy atom. The number of benzene rings is 3. The molecule has 3 aromatic carbocycles. The summed E-state index contributed by atoms with van der Waals surface area (Å²) < 4.78 is 35.5. The fourth-order valence-electron chi connectivity index (χ4n) is 3.10. The van der Waals surface area contributed by atoms with Gasteiger partial charge in [-0.1, -0.05) is 72.8 Å². The topological polar surface area (TPSA) is 43.4 Å². The summed E-state index contributed by atoms with van der Waals surface area (Å²) in [6.45, 7) is 0. The maximum absolute atomic E-state index is 15.4. The van der Waals surface area contributed by atoms with Gasteiger partial charge in [-0.15, -0.1) is 0 Å². The number of Topliss-reactive ketones (excluding diaryl/α,β-unsaturated/α-hetero) is 1. The molecule has 0 aliphatic heterocycles. The van der Waals surface area contributed by atoms with Crippen LogP contribution < -0.4 is 0 Å². The first kappa shape index (κ1) is 19.4. The quantitative estimate of drug-likeness (QED) is 0.440. The second-order valence-electron chi connectivity index (χ2n) is 6.28. The SMILES string of the molecule is COC(=O)c1ccc(C(c2ccccc2)C(F)(F)C(=O)c2ccccc2)cc1. The van der Waals surface area contributed by atoms with Crippen molar-refractivity contribution in [2.24, 2.45) is 0 Å². The molecule has 28 heavy (non-hydrogen) atoms. The number of carbonyl (C=O) groups is 2. The Hall–Kier alpha value is -3.34. The first-order valence-corrected chi connectivity index (χ1v) is 8.66. The molecule has 1 atom stereocenters. The lowest BCUT2D eigenvalue weighted by Crippen LogP contribution is -2.36. The third-order valence-electron chi connectivity index (χ3n) is 4.50. The molecule has 0 bridgehead atoms. The summed E-state index contributed by atoms with van der Waals surface area (Å²) in [5, 5.41) is 0. The summed E-state index contributed by atoms with van der Waals surface area (Å²) in [6, 6.07) is 21.3. The van der Waals surface area contributed by atoms with E-state index in [0.717, 1.165) is 0 Å². The number of alkyl halides is 2. The van der Waals surface area contributed by atoms with E-state index in [4.69, 9.17) is 0 Å². The van der Waals surface area contributed by atoms with E-state index < -0.39 is 23.6 Å². The van der Waals surface area contributed by atoms with E-state index in [0.29, 0.717) is 5.56 Å². The number of halogens is 2. The molecule has 3 aromatic rings. The first-order chi connectivity index (χ1) is 13.4. The van der Waals surface area contributed by atoms with Crippen LogP contribution in [-0.4, -0.2) is 24.8 Å². The number of hydrogen-bond acceptors (Lipinski definition) is 3. The van der Waals surface area contributed by atoms with Crippen molar-refractivity contribution in [2.45, 2.75) is 11.8 Å². The molecule has 3 rings (SSSR count). The fraction of sp³-hybridized carbons (Fsp3) is 0.130. The van der Waals surface area contributed by atoms with Gasteiger partial charge in [0.25, 0.3) is 0 Å². The summed E-state index contributed by atoms with van der Waals surface area (Å²) in [5.41, 5.74) is 0.728. The molecule has 3 nitrogen and oxygen atoms in total. The molecule has 5 heteroatoms. The van der Waals surface area contributed by atoms with Gasteiger partial charge in [-0.2, -0.15) is 8.78 Å². The minimum Gasteiger partial charge on any atom is -0.465 e. The predicted molar refractivity (Wildman–Crippen MR) is 102 cm³/mol. The monoisotopic (exact) mass is 380 g/mol. The highest BCUT2D eigenvalue weighted by atomic mass is 19.3. The Morgan fingerprint density at radius 3 is 1.79 bits per heavy atom. The van der Waals surface area contributed by atoms with Gasteiger partial charge in [0.15, 0.2) is 0 Å². The molecule has 0 fully saturated rings. The van der Waals surface area contributed by atoms with E-state index in [9.17, 15) is 9.59 Å². The molecule has 0 radical (unpaired) electrons. The van der Waals surface area contributed by atoms with Crippen LogP contribution in [0.4, 0.5) is 8.78 Å². The molecule has 0 aliphatic rings. The summed E-state index contributed by atoms with van der Waals surface area (Å²) in [7, 11) is 1.25. The van der Waals surface area contributed by atoms with E-state index in [-0.39, 0.29) is 16.7 Å². The standard InChI is InChI=1S/C23H18F2O3/c1-28-22(27)19-14-12-17(13-15-19)20(16-8-4-2-5-9-16)23(24,25)21(26)18-10-6-3-7-11-18/h2-15,20H,1H3. The molecule has 0 heterocycles. The number of carbonyl (C=O) groups excluding carboxylic acids is 2. The average Bonchev–Trinajstić information content (AvgIpc) is 2.74. The maximum Gasteiger partial charge on any atom is 0.337 e. The van der Waals surface area contributed by atoms with Crippen molar-refractivity contribution < 1.29 is 23.1 Å². The Kier molecular flexibility index (Phi) is 5.64. The molecule has 0 aromatic heterocycles. The second kappa shape index (κ2) is 8.13. The fourth-order valence-corrected chi connectivity index (χ4v) is 3.10. The Balaban J connectivity index is 2.07. The van der Waals surface area contributed by atoms with Crippen molar-refractivity contribution in [3.05, 3.63) is 107 Å². The van der Waals surface area contributed by atoms with E-state index in [2.05, 4.69) is 4.74 Å². The van der Waals surface area contributed by atoms with Crippen LogP contribution in [0.25, 0.3) is 0 Å². The molecule has 0 N–H and O–H groups in total. The van der Waals surface area contributed by atoms with Gasteiger partial charge in [-0.05, 0) is 23.3 Å². The Bertz CT molecular complexity index is 952. The average molecular weight is 380 g/mol. The number of hydrogen-bond donors (Lipinski definition) is 0. The van der Waals surface area contributed by atoms with Crippen LogP contribution in [0.3, 0.4) is 0 Å². The number of rotatable bonds is 6. The minimum absolute atomic E-state index is 0.0559. The summed E-state index contributed by atoms with van der Waals surface area (Å²) in [4.78, 5) is 24.3. The summed E-state index contributed by atoms with van der Waals surface area (Å²) in [6.07, 6.45) is 0. The van der Waals surface area contributed by atoms with Crippen molar-refractivity contribution in [1.29, 1.82) is 0 Å². The zero-order valence-corrected chi connectivity index (χ0v) is 15.1. The van der Waals surface area contributed by atoms with E-state index in [1.165, 1.54) is 43.5 Å². The van der Waals surface area contributed by atoms with Crippen LogP contribution in [0.5, 0.6) is 0 Å². The van der Waals surface area contributed by atoms with Gasteiger partial charge in [0.05, 0.1) is 18.6 Å². The van der Waals surface area contributed by atoms with Gasteiger partial charge >= 0.3 is 11.9 Å². The maximum atomic E-state index is 15.4. The van der Waals surface area contributed by atoms with Crippen molar-refractivity contribution in [2.75, 3.05) is 7.11 Å². The van der Waals surface area contributed by atoms with Crippen LogP contribution in [0.1, 0.15) is 37.8 Å².